The van der Waals surface area contributed by atoms with Crippen LogP contribution in [0.15, 0.2) is 16.5 Å². The third kappa shape index (κ3) is 3.90. The second-order valence-electron chi connectivity index (χ2n) is 8.04. The first-order valence-electron chi connectivity index (χ1n) is 6.53. The van der Waals surface area contributed by atoms with Crippen molar-refractivity contribution in [1.82, 2.24) is 0 Å². The molecule has 98 valence electrons. The highest BCUT2D eigenvalue weighted by molar-refractivity contribution is 5.19. The Balaban J connectivity index is 2.97. The number of rotatable bonds is 2. The monoisotopic (exact) mass is 236 g/mol. The molecule has 1 aromatic rings. The quantitative estimate of drug-likeness (QED) is 0.680. The fourth-order valence-electron chi connectivity index (χ4n) is 2.52. The summed E-state index contributed by atoms with van der Waals surface area (Å²) in [6, 6.07) is 4.27. The van der Waals surface area contributed by atoms with Gasteiger partial charge in [0.25, 0.3) is 0 Å². The lowest BCUT2D eigenvalue weighted by Crippen LogP contribution is -2.24. The maximum Gasteiger partial charge on any atom is 0.109 e. The van der Waals surface area contributed by atoms with Crippen molar-refractivity contribution in [3.05, 3.63) is 23.7 Å². The van der Waals surface area contributed by atoms with Gasteiger partial charge in [-0.2, -0.15) is 0 Å². The second kappa shape index (κ2) is 4.19. The van der Waals surface area contributed by atoms with E-state index in [9.17, 15) is 0 Å². The molecule has 0 atom stereocenters. The van der Waals surface area contributed by atoms with Crippen LogP contribution in [0.5, 0.6) is 0 Å². The van der Waals surface area contributed by atoms with Crippen LogP contribution in [0.2, 0.25) is 0 Å². The van der Waals surface area contributed by atoms with Crippen molar-refractivity contribution in [3.8, 4) is 0 Å². The van der Waals surface area contributed by atoms with Crippen LogP contribution < -0.4 is 0 Å². The molecule has 0 aromatic carbocycles. The van der Waals surface area contributed by atoms with E-state index in [2.05, 4.69) is 67.5 Å². The average molecular weight is 236 g/mol. The van der Waals surface area contributed by atoms with E-state index in [0.717, 1.165) is 17.9 Å². The molecule has 0 aliphatic heterocycles. The van der Waals surface area contributed by atoms with E-state index in [-0.39, 0.29) is 10.8 Å². The molecule has 0 unspecified atom stereocenters. The highest BCUT2D eigenvalue weighted by atomic mass is 16.3. The minimum absolute atomic E-state index is 0.0933. The Labute approximate surface area is 107 Å². The zero-order valence-electron chi connectivity index (χ0n) is 12.8. The van der Waals surface area contributed by atoms with E-state index >= 15 is 0 Å². The first-order chi connectivity index (χ1) is 7.42. The molecule has 1 rings (SSSR count). The van der Waals surface area contributed by atoms with Gasteiger partial charge >= 0.3 is 0 Å². The normalized spacial score (nSPS) is 14.1. The molecule has 1 heteroatoms. The van der Waals surface area contributed by atoms with Crippen molar-refractivity contribution in [3.63, 3.8) is 0 Å². The van der Waals surface area contributed by atoms with Gasteiger partial charge in [0.05, 0.1) is 0 Å². The van der Waals surface area contributed by atoms with E-state index < -0.39 is 0 Å². The minimum atomic E-state index is 0.0933. The van der Waals surface area contributed by atoms with Gasteiger partial charge in [-0.1, -0.05) is 55.4 Å². The largest absolute Gasteiger partial charge is 0.465 e. The molecule has 0 aliphatic rings. The first-order valence-corrected chi connectivity index (χ1v) is 6.53. The standard InChI is InChI=1S/C16H28O/c1-14(2,3)11-16(7,8)13-10-9-12(17-13)15(4,5)6/h9-10H,11H2,1-8H3. The van der Waals surface area contributed by atoms with Crippen molar-refractivity contribution >= 4 is 0 Å². The van der Waals surface area contributed by atoms with Gasteiger partial charge in [-0.15, -0.1) is 0 Å². The van der Waals surface area contributed by atoms with Gasteiger partial charge in [-0.3, -0.25) is 0 Å². The highest BCUT2D eigenvalue weighted by Crippen LogP contribution is 2.38. The third-order valence-corrected chi connectivity index (χ3v) is 2.98. The Morgan fingerprint density at radius 1 is 0.824 bits per heavy atom. The summed E-state index contributed by atoms with van der Waals surface area (Å²) in [6.45, 7) is 17.9. The smallest absolute Gasteiger partial charge is 0.109 e. The van der Waals surface area contributed by atoms with Gasteiger partial charge < -0.3 is 4.42 Å². The number of hydrogen-bond donors (Lipinski definition) is 0. The summed E-state index contributed by atoms with van der Waals surface area (Å²) in [5.74, 6) is 2.19. The maximum absolute atomic E-state index is 6.06. The molecule has 0 aliphatic carbocycles. The molecule has 0 radical (unpaired) electrons. The van der Waals surface area contributed by atoms with Crippen LogP contribution in [-0.4, -0.2) is 0 Å². The molecule has 0 N–H and O–H groups in total. The van der Waals surface area contributed by atoms with Crippen molar-refractivity contribution in [1.29, 1.82) is 0 Å². The Morgan fingerprint density at radius 2 is 1.29 bits per heavy atom. The fraction of sp³-hybridized carbons (Fsp3) is 0.750. The molecular formula is C16H28O. The summed E-state index contributed by atoms with van der Waals surface area (Å²) >= 11 is 0. The van der Waals surface area contributed by atoms with Crippen molar-refractivity contribution in [2.45, 2.75) is 72.6 Å². The van der Waals surface area contributed by atoms with Gasteiger partial charge in [0.1, 0.15) is 11.5 Å². The maximum atomic E-state index is 6.06. The molecule has 1 aromatic heterocycles. The lowest BCUT2D eigenvalue weighted by molar-refractivity contribution is 0.242. The van der Waals surface area contributed by atoms with Crippen molar-refractivity contribution in [2.75, 3.05) is 0 Å². The van der Waals surface area contributed by atoms with Gasteiger partial charge in [0.15, 0.2) is 0 Å². The summed E-state index contributed by atoms with van der Waals surface area (Å²) in [7, 11) is 0. The fourth-order valence-corrected chi connectivity index (χ4v) is 2.52. The molecule has 0 saturated carbocycles. The van der Waals surface area contributed by atoms with Crippen LogP contribution in [0.4, 0.5) is 0 Å². The van der Waals surface area contributed by atoms with E-state index in [4.69, 9.17) is 4.42 Å². The Bertz CT molecular complexity index is 369. The van der Waals surface area contributed by atoms with E-state index in [1.165, 1.54) is 0 Å². The van der Waals surface area contributed by atoms with Crippen molar-refractivity contribution < 1.29 is 4.42 Å². The van der Waals surface area contributed by atoms with Crippen LogP contribution in [-0.2, 0) is 10.8 Å². The molecule has 1 nitrogen and oxygen atoms in total. The first kappa shape index (κ1) is 14.3. The van der Waals surface area contributed by atoms with Crippen molar-refractivity contribution in [2.24, 2.45) is 5.41 Å². The van der Waals surface area contributed by atoms with Crippen LogP contribution in [0.1, 0.15) is 73.3 Å². The van der Waals surface area contributed by atoms with E-state index in [0.29, 0.717) is 5.41 Å². The molecular weight excluding hydrogens is 208 g/mol. The van der Waals surface area contributed by atoms with Gasteiger partial charge in [-0.05, 0) is 24.0 Å². The van der Waals surface area contributed by atoms with Crippen LogP contribution in [0.25, 0.3) is 0 Å². The topological polar surface area (TPSA) is 13.1 Å². The van der Waals surface area contributed by atoms with E-state index in [1.807, 2.05) is 0 Å². The molecule has 0 spiro atoms. The van der Waals surface area contributed by atoms with Crippen LogP contribution >= 0.6 is 0 Å². The predicted molar refractivity (Wildman–Crippen MR) is 74.5 cm³/mol. The zero-order chi connectivity index (χ0) is 13.5. The predicted octanol–water partition coefficient (Wildman–Crippen LogP) is 5.29. The van der Waals surface area contributed by atoms with Gasteiger partial charge in [0, 0.05) is 10.8 Å². The SMILES string of the molecule is CC(C)(C)CC(C)(C)c1ccc(C(C)(C)C)o1. The Hall–Kier alpha value is -0.720. The molecule has 1 heterocycles. The summed E-state index contributed by atoms with van der Waals surface area (Å²) in [6.07, 6.45) is 1.12. The Morgan fingerprint density at radius 3 is 1.65 bits per heavy atom. The lowest BCUT2D eigenvalue weighted by atomic mass is 9.75. The molecule has 0 amide bonds. The molecule has 17 heavy (non-hydrogen) atoms. The summed E-state index contributed by atoms with van der Waals surface area (Å²) in [4.78, 5) is 0. The molecule has 0 fully saturated rings. The van der Waals surface area contributed by atoms with Crippen LogP contribution in [0, 0.1) is 5.41 Å². The van der Waals surface area contributed by atoms with Gasteiger partial charge in [-0.25, -0.2) is 0 Å². The minimum Gasteiger partial charge on any atom is -0.465 e. The van der Waals surface area contributed by atoms with Crippen LogP contribution in [0.3, 0.4) is 0 Å². The second-order valence-corrected chi connectivity index (χ2v) is 8.04. The number of furan rings is 1. The molecule has 0 saturated heterocycles. The summed E-state index contributed by atoms with van der Waals surface area (Å²) in [5, 5.41) is 0. The molecule has 0 bridgehead atoms. The third-order valence-electron chi connectivity index (χ3n) is 2.98. The highest BCUT2D eigenvalue weighted by Gasteiger charge is 2.31. The van der Waals surface area contributed by atoms with Gasteiger partial charge in [0.2, 0.25) is 0 Å². The average Bonchev–Trinajstić information content (AvgIpc) is 2.44. The Kier molecular flexibility index (Phi) is 3.53. The summed E-state index contributed by atoms with van der Waals surface area (Å²) < 4.78 is 6.06. The van der Waals surface area contributed by atoms with E-state index in [1.54, 1.807) is 0 Å². The summed E-state index contributed by atoms with van der Waals surface area (Å²) in [5.41, 5.74) is 0.510. The lowest BCUT2D eigenvalue weighted by Gasteiger charge is -2.31. The number of hydrogen-bond acceptors (Lipinski definition) is 1. The zero-order valence-corrected chi connectivity index (χ0v) is 12.8.